The summed E-state index contributed by atoms with van der Waals surface area (Å²) in [6, 6.07) is 15.8. The van der Waals surface area contributed by atoms with Crippen LogP contribution in [0.4, 0.5) is 0 Å². The number of ether oxygens (including phenoxy) is 2. The molecule has 0 spiro atoms. The second kappa shape index (κ2) is 8.20. The summed E-state index contributed by atoms with van der Waals surface area (Å²) in [5.41, 5.74) is 3.71. The van der Waals surface area contributed by atoms with Crippen molar-refractivity contribution in [3.05, 3.63) is 59.7 Å². The van der Waals surface area contributed by atoms with Crippen LogP contribution in [0.5, 0.6) is 11.5 Å². The second-order valence-corrected chi connectivity index (χ2v) is 4.49. The number of hydrazone groups is 1. The van der Waals surface area contributed by atoms with E-state index in [2.05, 4.69) is 10.5 Å². The van der Waals surface area contributed by atoms with Crippen LogP contribution in [0.3, 0.4) is 0 Å². The topological polar surface area (TPSA) is 83.7 Å². The molecule has 0 fully saturated rings. The van der Waals surface area contributed by atoms with Crippen molar-refractivity contribution in [3.8, 4) is 17.6 Å². The summed E-state index contributed by atoms with van der Waals surface area (Å²) in [4.78, 5) is 11.6. The molecule has 0 aliphatic heterocycles. The van der Waals surface area contributed by atoms with Gasteiger partial charge in [0.25, 0.3) is 5.91 Å². The highest BCUT2D eigenvalue weighted by Crippen LogP contribution is 2.18. The van der Waals surface area contributed by atoms with Crippen molar-refractivity contribution in [1.29, 1.82) is 5.26 Å². The van der Waals surface area contributed by atoms with Gasteiger partial charge in [0, 0.05) is 6.07 Å². The van der Waals surface area contributed by atoms with Gasteiger partial charge in [0.15, 0.2) is 6.61 Å². The lowest BCUT2D eigenvalue weighted by Gasteiger charge is -2.06. The average Bonchev–Trinajstić information content (AvgIpc) is 2.61. The number of nitrogens with one attached hydrogen (secondary N) is 1. The van der Waals surface area contributed by atoms with Crippen LogP contribution >= 0.6 is 0 Å². The molecule has 2 aromatic rings. The molecule has 0 atom stereocenters. The van der Waals surface area contributed by atoms with Crippen LogP contribution in [0.15, 0.2) is 53.6 Å². The molecule has 1 amide bonds. The number of carbonyl (C=O) groups is 1. The Labute approximate surface area is 134 Å². The van der Waals surface area contributed by atoms with Gasteiger partial charge in [-0.1, -0.05) is 18.2 Å². The van der Waals surface area contributed by atoms with E-state index >= 15 is 0 Å². The first-order valence-corrected chi connectivity index (χ1v) is 6.80. The van der Waals surface area contributed by atoms with E-state index in [-0.39, 0.29) is 12.5 Å². The number of nitriles is 1. The van der Waals surface area contributed by atoms with Gasteiger partial charge in [-0.3, -0.25) is 4.79 Å². The van der Waals surface area contributed by atoms with Gasteiger partial charge in [-0.25, -0.2) is 5.43 Å². The quantitative estimate of drug-likeness (QED) is 0.654. The van der Waals surface area contributed by atoms with Gasteiger partial charge in [-0.2, -0.15) is 10.4 Å². The Balaban J connectivity index is 1.80. The smallest absolute Gasteiger partial charge is 0.277 e. The van der Waals surface area contributed by atoms with Gasteiger partial charge < -0.3 is 9.47 Å². The Morgan fingerprint density at radius 1 is 1.26 bits per heavy atom. The van der Waals surface area contributed by atoms with Crippen molar-refractivity contribution in [1.82, 2.24) is 5.43 Å². The normalized spacial score (nSPS) is 10.1. The number of hydrogen-bond donors (Lipinski definition) is 1. The van der Waals surface area contributed by atoms with Crippen molar-refractivity contribution < 1.29 is 14.3 Å². The fourth-order valence-electron chi connectivity index (χ4n) is 1.69. The highest BCUT2D eigenvalue weighted by molar-refractivity contribution is 5.83. The van der Waals surface area contributed by atoms with Crippen LogP contribution in [0.1, 0.15) is 11.1 Å². The van der Waals surface area contributed by atoms with Gasteiger partial charge in [0.05, 0.1) is 25.0 Å². The van der Waals surface area contributed by atoms with Crippen molar-refractivity contribution >= 4 is 12.1 Å². The van der Waals surface area contributed by atoms with Crippen molar-refractivity contribution in [2.24, 2.45) is 5.10 Å². The first kappa shape index (κ1) is 16.0. The van der Waals surface area contributed by atoms with Crippen LogP contribution in [0.2, 0.25) is 0 Å². The fourth-order valence-corrected chi connectivity index (χ4v) is 1.69. The minimum atomic E-state index is -0.377. The highest BCUT2D eigenvalue weighted by Gasteiger charge is 2.02. The summed E-state index contributed by atoms with van der Waals surface area (Å²) in [7, 11) is 1.56. The molecule has 0 heterocycles. The van der Waals surface area contributed by atoms with Gasteiger partial charge >= 0.3 is 0 Å². The number of carbonyl (C=O) groups excluding carboxylic acids is 1. The molecule has 6 nitrogen and oxygen atoms in total. The molecular formula is C17H15N3O3. The van der Waals surface area contributed by atoms with Gasteiger partial charge in [0.2, 0.25) is 0 Å². The molecule has 0 saturated carbocycles. The van der Waals surface area contributed by atoms with Gasteiger partial charge in [0.1, 0.15) is 11.5 Å². The van der Waals surface area contributed by atoms with Crippen LogP contribution in [-0.2, 0) is 4.79 Å². The lowest BCUT2D eigenvalue weighted by molar-refractivity contribution is -0.123. The molecule has 116 valence electrons. The molecule has 0 aliphatic carbocycles. The summed E-state index contributed by atoms with van der Waals surface area (Å²) in [6.07, 6.45) is 1.49. The maximum atomic E-state index is 11.6. The van der Waals surface area contributed by atoms with E-state index in [1.807, 2.05) is 6.07 Å². The molecule has 0 aromatic heterocycles. The zero-order valence-corrected chi connectivity index (χ0v) is 12.5. The number of amides is 1. The number of methoxy groups -OCH3 is 1. The third-order valence-electron chi connectivity index (χ3n) is 2.85. The first-order chi connectivity index (χ1) is 11.2. The van der Waals surface area contributed by atoms with E-state index in [1.54, 1.807) is 55.6 Å². The molecule has 1 N–H and O–H groups in total. The molecular weight excluding hydrogens is 294 g/mol. The maximum absolute atomic E-state index is 11.6. The van der Waals surface area contributed by atoms with Gasteiger partial charge in [-0.05, 0) is 29.8 Å². The number of hydrogen-bond acceptors (Lipinski definition) is 5. The zero-order valence-electron chi connectivity index (χ0n) is 12.5. The molecule has 0 aliphatic rings. The van der Waals surface area contributed by atoms with Crippen molar-refractivity contribution in [2.75, 3.05) is 13.7 Å². The summed E-state index contributed by atoms with van der Waals surface area (Å²) >= 11 is 0. The zero-order chi connectivity index (χ0) is 16.5. The Morgan fingerprint density at radius 3 is 2.70 bits per heavy atom. The van der Waals surface area contributed by atoms with Crippen molar-refractivity contribution in [3.63, 3.8) is 0 Å². The van der Waals surface area contributed by atoms with E-state index in [0.717, 1.165) is 5.56 Å². The maximum Gasteiger partial charge on any atom is 0.277 e. The lowest BCUT2D eigenvalue weighted by atomic mass is 10.2. The summed E-state index contributed by atoms with van der Waals surface area (Å²) in [6.45, 7) is -0.155. The van der Waals surface area contributed by atoms with Crippen LogP contribution in [-0.4, -0.2) is 25.8 Å². The van der Waals surface area contributed by atoms with Gasteiger partial charge in [-0.15, -0.1) is 0 Å². The molecule has 2 aromatic carbocycles. The van der Waals surface area contributed by atoms with E-state index in [9.17, 15) is 4.79 Å². The minimum Gasteiger partial charge on any atom is -0.497 e. The first-order valence-electron chi connectivity index (χ1n) is 6.80. The second-order valence-electron chi connectivity index (χ2n) is 4.49. The SMILES string of the molecule is COc1cccc(OCC(=O)N/N=C/c2ccc(C#N)cc2)c1. The van der Waals surface area contributed by atoms with Crippen LogP contribution in [0, 0.1) is 11.3 Å². The third kappa shape index (κ3) is 5.17. The third-order valence-corrected chi connectivity index (χ3v) is 2.85. The predicted octanol–water partition coefficient (Wildman–Crippen LogP) is 2.10. The van der Waals surface area contributed by atoms with E-state index in [4.69, 9.17) is 14.7 Å². The summed E-state index contributed by atoms with van der Waals surface area (Å²) in [5.74, 6) is 0.815. The molecule has 6 heteroatoms. The van der Waals surface area contributed by atoms with Crippen LogP contribution < -0.4 is 14.9 Å². The van der Waals surface area contributed by atoms with E-state index in [1.165, 1.54) is 6.21 Å². The standard InChI is InChI=1S/C17H15N3O3/c1-22-15-3-2-4-16(9-15)23-12-17(21)20-19-11-14-7-5-13(10-18)6-8-14/h2-9,11H,12H2,1H3,(H,20,21)/b19-11+. The predicted molar refractivity (Wildman–Crippen MR) is 85.4 cm³/mol. The molecule has 0 unspecified atom stereocenters. The van der Waals surface area contributed by atoms with E-state index in [0.29, 0.717) is 17.1 Å². The summed E-state index contributed by atoms with van der Waals surface area (Å²) in [5, 5.41) is 12.5. The Kier molecular flexibility index (Phi) is 5.72. The fraction of sp³-hybridized carbons (Fsp3) is 0.118. The molecule has 0 bridgehead atoms. The number of nitrogens with zero attached hydrogens (tertiary/aromatic N) is 2. The Morgan fingerprint density at radius 2 is 2.00 bits per heavy atom. The number of benzene rings is 2. The van der Waals surface area contributed by atoms with Crippen LogP contribution in [0.25, 0.3) is 0 Å². The molecule has 23 heavy (non-hydrogen) atoms. The molecule has 0 radical (unpaired) electrons. The van der Waals surface area contributed by atoms with E-state index < -0.39 is 0 Å². The number of rotatable bonds is 6. The minimum absolute atomic E-state index is 0.155. The lowest BCUT2D eigenvalue weighted by Crippen LogP contribution is -2.24. The highest BCUT2D eigenvalue weighted by atomic mass is 16.5. The molecule has 0 saturated heterocycles. The monoisotopic (exact) mass is 309 g/mol. The Bertz CT molecular complexity index is 733. The Hall–Kier alpha value is -3.33. The average molecular weight is 309 g/mol. The molecule has 2 rings (SSSR count). The largest absolute Gasteiger partial charge is 0.497 e. The summed E-state index contributed by atoms with van der Waals surface area (Å²) < 4.78 is 10.4. The van der Waals surface area contributed by atoms with Crippen molar-refractivity contribution in [2.45, 2.75) is 0 Å².